The third kappa shape index (κ3) is 5.51. The number of anilines is 3. The van der Waals surface area contributed by atoms with Crippen molar-refractivity contribution >= 4 is 40.4 Å². The van der Waals surface area contributed by atoms with Crippen molar-refractivity contribution in [2.24, 2.45) is 0 Å². The van der Waals surface area contributed by atoms with Gasteiger partial charge in [-0.15, -0.1) is 0 Å². The first kappa shape index (κ1) is 33.4. The normalized spacial score (nSPS) is 16.4. The highest BCUT2D eigenvalue weighted by atomic mass is 16.7. The minimum absolute atomic E-state index is 0.0953. The first-order valence-electron chi connectivity index (χ1n) is 18.7. The van der Waals surface area contributed by atoms with E-state index in [2.05, 4.69) is 204 Å². The molecule has 0 unspecified atom stereocenters. The van der Waals surface area contributed by atoms with Crippen molar-refractivity contribution in [2.45, 2.75) is 58.2 Å². The Labute approximate surface area is 314 Å². The summed E-state index contributed by atoms with van der Waals surface area (Å²) in [5, 5.41) is 2.33. The van der Waals surface area contributed by atoms with E-state index in [9.17, 15) is 0 Å². The minimum Gasteiger partial charge on any atom is -0.399 e. The summed E-state index contributed by atoms with van der Waals surface area (Å²) < 4.78 is 13.0. The van der Waals surface area contributed by atoms with Gasteiger partial charge in [0, 0.05) is 22.5 Å². The number of hydrogen-bond acceptors (Lipinski definition) is 3. The summed E-state index contributed by atoms with van der Waals surface area (Å²) in [4.78, 5) is 2.39. The molecule has 1 saturated heterocycles. The van der Waals surface area contributed by atoms with Crippen molar-refractivity contribution in [1.29, 1.82) is 0 Å². The third-order valence-electron chi connectivity index (χ3n) is 12.0. The van der Waals surface area contributed by atoms with Gasteiger partial charge in [-0.25, -0.2) is 0 Å². The minimum atomic E-state index is -0.423. The predicted octanol–water partition coefficient (Wildman–Crippen LogP) is 12.2. The molecule has 0 atom stereocenters. The quantitative estimate of drug-likeness (QED) is 0.162. The number of benzene rings is 7. The van der Waals surface area contributed by atoms with Gasteiger partial charge in [-0.2, -0.15) is 0 Å². The van der Waals surface area contributed by atoms with Gasteiger partial charge < -0.3 is 14.2 Å². The zero-order chi connectivity index (χ0) is 36.5. The predicted molar refractivity (Wildman–Crippen MR) is 223 cm³/mol. The van der Waals surface area contributed by atoms with Crippen LogP contribution in [0, 0.1) is 0 Å². The lowest BCUT2D eigenvalue weighted by molar-refractivity contribution is 0.00578. The molecule has 53 heavy (non-hydrogen) atoms. The topological polar surface area (TPSA) is 21.7 Å². The smallest absolute Gasteiger partial charge is 0.399 e. The van der Waals surface area contributed by atoms with E-state index in [0.717, 1.165) is 33.5 Å². The van der Waals surface area contributed by atoms with Crippen molar-refractivity contribution in [3.05, 3.63) is 169 Å². The van der Waals surface area contributed by atoms with E-state index < -0.39 is 18.3 Å². The van der Waals surface area contributed by atoms with E-state index in [1.54, 1.807) is 0 Å². The molecular formula is C49H44BNO2. The van der Waals surface area contributed by atoms with E-state index >= 15 is 0 Å². The summed E-state index contributed by atoms with van der Waals surface area (Å²) in [5.41, 5.74) is 13.7. The van der Waals surface area contributed by atoms with Crippen LogP contribution in [-0.4, -0.2) is 18.3 Å². The lowest BCUT2D eigenvalue weighted by Crippen LogP contribution is -2.41. The highest BCUT2D eigenvalue weighted by molar-refractivity contribution is 6.65. The Bertz CT molecular complexity index is 2470. The Balaban J connectivity index is 1.12. The second-order valence-corrected chi connectivity index (χ2v) is 16.0. The van der Waals surface area contributed by atoms with Gasteiger partial charge >= 0.3 is 7.12 Å². The van der Waals surface area contributed by atoms with Crippen LogP contribution in [0.25, 0.3) is 44.2 Å². The molecule has 0 radical (unpaired) electrons. The summed E-state index contributed by atoms with van der Waals surface area (Å²) in [6, 6.07) is 57.4. The fourth-order valence-corrected chi connectivity index (χ4v) is 8.25. The molecule has 1 aliphatic carbocycles. The van der Waals surface area contributed by atoms with E-state index in [1.807, 2.05) is 0 Å². The monoisotopic (exact) mass is 689 g/mol. The van der Waals surface area contributed by atoms with Crippen molar-refractivity contribution in [1.82, 2.24) is 0 Å². The van der Waals surface area contributed by atoms with E-state index in [1.165, 1.54) is 44.3 Å². The van der Waals surface area contributed by atoms with Crippen molar-refractivity contribution < 1.29 is 9.31 Å². The average molecular weight is 690 g/mol. The van der Waals surface area contributed by atoms with Gasteiger partial charge in [0.2, 0.25) is 0 Å². The van der Waals surface area contributed by atoms with Gasteiger partial charge in [0.05, 0.1) is 11.2 Å². The molecule has 9 rings (SSSR count). The Hall–Kier alpha value is -5.42. The summed E-state index contributed by atoms with van der Waals surface area (Å²) >= 11 is 0. The molecule has 0 spiro atoms. The number of fused-ring (bicyclic) bond motifs is 4. The summed E-state index contributed by atoms with van der Waals surface area (Å²) in [5.74, 6) is 0. The molecule has 1 heterocycles. The highest BCUT2D eigenvalue weighted by Gasteiger charge is 2.52. The number of hydrogen-bond donors (Lipinski definition) is 0. The van der Waals surface area contributed by atoms with Crippen molar-refractivity contribution in [2.75, 3.05) is 4.90 Å². The summed E-state index contributed by atoms with van der Waals surface area (Å²) in [7, 11) is -0.423. The molecule has 7 aromatic carbocycles. The van der Waals surface area contributed by atoms with Gasteiger partial charge in [0.25, 0.3) is 0 Å². The van der Waals surface area contributed by atoms with Gasteiger partial charge in [0.1, 0.15) is 0 Å². The fourth-order valence-electron chi connectivity index (χ4n) is 8.25. The van der Waals surface area contributed by atoms with Crippen LogP contribution in [0.1, 0.15) is 52.7 Å². The van der Waals surface area contributed by atoms with Crippen LogP contribution in [0.2, 0.25) is 0 Å². The average Bonchev–Trinajstić information content (AvgIpc) is 3.54. The Morgan fingerprint density at radius 3 is 1.60 bits per heavy atom. The molecule has 4 heteroatoms. The lowest BCUT2D eigenvalue weighted by atomic mass is 9.75. The van der Waals surface area contributed by atoms with Crippen LogP contribution < -0.4 is 10.4 Å². The SMILES string of the molecule is CC1(C)c2ccccc2-c2ccc(N(c3ccc(-c4ccccc4)cc3)c3ccc(-c4ccc(B5OC(C)(C)C(C)(C)O5)c5ccccc45)cc3)cc21. The Morgan fingerprint density at radius 2 is 0.925 bits per heavy atom. The van der Waals surface area contributed by atoms with Crippen molar-refractivity contribution in [3.8, 4) is 33.4 Å². The zero-order valence-electron chi connectivity index (χ0n) is 31.4. The Morgan fingerprint density at radius 1 is 0.415 bits per heavy atom. The largest absolute Gasteiger partial charge is 0.495 e. The third-order valence-corrected chi connectivity index (χ3v) is 12.0. The molecule has 1 fully saturated rings. The molecule has 0 N–H and O–H groups in total. The maximum atomic E-state index is 6.49. The lowest BCUT2D eigenvalue weighted by Gasteiger charge is -2.32. The van der Waals surface area contributed by atoms with E-state index in [4.69, 9.17) is 9.31 Å². The molecule has 260 valence electrons. The molecular weight excluding hydrogens is 645 g/mol. The molecule has 2 aliphatic rings. The molecule has 0 saturated carbocycles. The first-order valence-corrected chi connectivity index (χ1v) is 18.7. The molecule has 1 aliphatic heterocycles. The number of nitrogens with zero attached hydrogens (tertiary/aromatic N) is 1. The van der Waals surface area contributed by atoms with Crippen LogP contribution in [0.5, 0.6) is 0 Å². The maximum Gasteiger partial charge on any atom is 0.495 e. The summed E-state index contributed by atoms with van der Waals surface area (Å²) in [6.45, 7) is 13.1. The zero-order valence-corrected chi connectivity index (χ0v) is 31.4. The molecule has 7 aromatic rings. The Kier molecular flexibility index (Phi) is 7.78. The van der Waals surface area contributed by atoms with Gasteiger partial charge in [-0.05, 0) is 125 Å². The van der Waals surface area contributed by atoms with Crippen LogP contribution in [0.15, 0.2) is 158 Å². The van der Waals surface area contributed by atoms with Crippen LogP contribution in [0.3, 0.4) is 0 Å². The molecule has 0 amide bonds. The molecule has 0 aromatic heterocycles. The van der Waals surface area contributed by atoms with Crippen molar-refractivity contribution in [3.63, 3.8) is 0 Å². The molecule has 3 nitrogen and oxygen atoms in total. The second-order valence-electron chi connectivity index (χ2n) is 16.0. The standard InChI is InChI=1S/C49H44BNO2/c1-47(2)44-19-13-12-17-41(44)42-29-28-38(32-45(42)47)51(36-24-20-34(21-25-36)33-14-8-7-9-15-33)37-26-22-35(23-27-37)39-30-31-46(43-18-11-10-16-40(39)43)50-52-48(3,4)49(5,6)53-50/h7-32H,1-6H3. The maximum absolute atomic E-state index is 6.49. The van der Waals surface area contributed by atoms with Gasteiger partial charge in [-0.1, -0.05) is 135 Å². The second kappa shape index (κ2) is 12.3. The highest BCUT2D eigenvalue weighted by Crippen LogP contribution is 2.50. The van der Waals surface area contributed by atoms with Crippen LogP contribution in [-0.2, 0) is 14.7 Å². The summed E-state index contributed by atoms with van der Waals surface area (Å²) in [6.07, 6.45) is 0. The fraction of sp³-hybridized carbons (Fsp3) is 0.184. The van der Waals surface area contributed by atoms with Gasteiger partial charge in [0.15, 0.2) is 0 Å². The number of rotatable bonds is 6. The van der Waals surface area contributed by atoms with Crippen LogP contribution in [0.4, 0.5) is 17.1 Å². The van der Waals surface area contributed by atoms with Gasteiger partial charge in [-0.3, -0.25) is 0 Å². The first-order chi connectivity index (χ1) is 25.5. The van der Waals surface area contributed by atoms with E-state index in [-0.39, 0.29) is 5.41 Å². The van der Waals surface area contributed by atoms with E-state index in [0.29, 0.717) is 0 Å². The van der Waals surface area contributed by atoms with Crippen LogP contribution >= 0.6 is 0 Å². The molecule has 0 bridgehead atoms.